The molecule has 0 radical (unpaired) electrons. The van der Waals surface area contributed by atoms with Crippen LogP contribution in [0.5, 0.6) is 11.6 Å². The smallest absolute Gasteiger partial charge is 0.304 e. The molecule has 0 bridgehead atoms. The third kappa shape index (κ3) is 7.86. The van der Waals surface area contributed by atoms with Gasteiger partial charge in [0.2, 0.25) is 5.88 Å². The van der Waals surface area contributed by atoms with E-state index in [2.05, 4.69) is 30.0 Å². The Balaban J connectivity index is 1.43. The maximum atomic E-state index is 11.7. The van der Waals surface area contributed by atoms with E-state index in [1.54, 1.807) is 13.8 Å². The SMILES string of the molecule is CC#CC(CC(=O)O)c1ccc(OCc2ccc3c(c2)-c2ccc(OCCCS(=O)(=O)CC)nc2CCC3)cc1. The number of aromatic nitrogens is 1. The van der Waals surface area contributed by atoms with Gasteiger partial charge >= 0.3 is 5.97 Å². The van der Waals surface area contributed by atoms with Gasteiger partial charge in [-0.1, -0.05) is 37.1 Å². The fraction of sp³-hybridized carbons (Fsp3) is 0.375. The Bertz CT molecular complexity index is 1500. The Hall–Kier alpha value is -3.83. The van der Waals surface area contributed by atoms with E-state index in [4.69, 9.17) is 19.6 Å². The first-order valence-corrected chi connectivity index (χ1v) is 15.4. The number of benzene rings is 2. The number of fused-ring (bicyclic) bond motifs is 3. The van der Waals surface area contributed by atoms with Gasteiger partial charge in [0.1, 0.15) is 22.2 Å². The normalized spacial score (nSPS) is 13.2. The van der Waals surface area contributed by atoms with Gasteiger partial charge in [-0.3, -0.25) is 4.79 Å². The Morgan fingerprint density at radius 2 is 1.85 bits per heavy atom. The number of hydrogen-bond acceptors (Lipinski definition) is 6. The summed E-state index contributed by atoms with van der Waals surface area (Å²) in [5.74, 6) is 6.04. The molecule has 0 saturated carbocycles. The van der Waals surface area contributed by atoms with E-state index in [1.165, 1.54) is 5.56 Å². The van der Waals surface area contributed by atoms with Gasteiger partial charge in [-0.25, -0.2) is 13.4 Å². The minimum atomic E-state index is -3.00. The summed E-state index contributed by atoms with van der Waals surface area (Å²) in [5, 5.41) is 9.17. The first-order valence-electron chi connectivity index (χ1n) is 13.6. The molecule has 0 aliphatic heterocycles. The first kappa shape index (κ1) is 29.2. The van der Waals surface area contributed by atoms with Crippen LogP contribution in [0.1, 0.15) is 61.4 Å². The lowest BCUT2D eigenvalue weighted by atomic mass is 9.96. The molecule has 0 fully saturated rings. The van der Waals surface area contributed by atoms with Crippen LogP contribution in [0, 0.1) is 11.8 Å². The Morgan fingerprint density at radius 3 is 2.58 bits per heavy atom. The molecule has 1 aliphatic rings. The highest BCUT2D eigenvalue weighted by Gasteiger charge is 2.18. The molecule has 0 saturated heterocycles. The number of ether oxygens (including phenoxy) is 2. The maximum absolute atomic E-state index is 11.7. The molecule has 1 N–H and O–H groups in total. The number of aryl methyl sites for hydroxylation is 2. The number of nitrogens with zero attached hydrogens (tertiary/aromatic N) is 1. The monoisotopic (exact) mass is 561 g/mol. The summed E-state index contributed by atoms with van der Waals surface area (Å²) in [4.78, 5) is 15.9. The van der Waals surface area contributed by atoms with Crippen LogP contribution in [0.3, 0.4) is 0 Å². The molecule has 1 unspecified atom stereocenters. The lowest BCUT2D eigenvalue weighted by Crippen LogP contribution is -2.12. The number of aliphatic carboxylic acids is 1. The Morgan fingerprint density at radius 1 is 1.05 bits per heavy atom. The standard InChI is InChI=1S/C32H35NO6S/c1-3-7-26(21-32(34)35)24-12-14-27(15-13-24)39-22-23-10-11-25-8-5-9-30-28(29(25)20-23)16-17-31(33-30)38-18-6-19-40(36,37)4-2/h10-17,20,26H,4-6,8-9,18-19,21-22H2,1-2H3,(H,34,35). The van der Waals surface area contributed by atoms with Crippen molar-refractivity contribution in [1.82, 2.24) is 4.98 Å². The molecular weight excluding hydrogens is 526 g/mol. The number of rotatable bonds is 12. The molecule has 2 aromatic carbocycles. The van der Waals surface area contributed by atoms with Gasteiger partial charge in [0.25, 0.3) is 0 Å². The zero-order valence-electron chi connectivity index (χ0n) is 23.0. The van der Waals surface area contributed by atoms with E-state index in [9.17, 15) is 13.2 Å². The predicted octanol–water partition coefficient (Wildman–Crippen LogP) is 5.60. The van der Waals surface area contributed by atoms with Crippen molar-refractivity contribution in [3.05, 3.63) is 77.0 Å². The molecule has 210 valence electrons. The van der Waals surface area contributed by atoms with Crippen molar-refractivity contribution in [3.8, 4) is 34.6 Å². The van der Waals surface area contributed by atoms with E-state index >= 15 is 0 Å². The van der Waals surface area contributed by atoms with E-state index in [1.807, 2.05) is 36.4 Å². The summed E-state index contributed by atoms with van der Waals surface area (Å²) < 4.78 is 35.2. The minimum absolute atomic E-state index is 0.0383. The van der Waals surface area contributed by atoms with Crippen LogP contribution < -0.4 is 9.47 Å². The minimum Gasteiger partial charge on any atom is -0.489 e. The van der Waals surface area contributed by atoms with Crippen LogP contribution in [-0.2, 0) is 34.1 Å². The number of carboxylic acid groups (broad SMARTS) is 1. The van der Waals surface area contributed by atoms with Gasteiger partial charge in [-0.15, -0.1) is 5.92 Å². The summed E-state index contributed by atoms with van der Waals surface area (Å²) >= 11 is 0. The van der Waals surface area contributed by atoms with Crippen LogP contribution in [0.15, 0.2) is 54.6 Å². The molecule has 1 aromatic heterocycles. The number of pyridine rings is 1. The Kier molecular flexibility index (Phi) is 9.84. The van der Waals surface area contributed by atoms with Gasteiger partial charge in [0, 0.05) is 17.4 Å². The third-order valence-corrected chi connectivity index (χ3v) is 8.74. The van der Waals surface area contributed by atoms with Crippen molar-refractivity contribution >= 4 is 15.8 Å². The highest BCUT2D eigenvalue weighted by atomic mass is 32.2. The largest absolute Gasteiger partial charge is 0.489 e. The van der Waals surface area contributed by atoms with Gasteiger partial charge in [-0.2, -0.15) is 0 Å². The fourth-order valence-electron chi connectivity index (χ4n) is 4.79. The van der Waals surface area contributed by atoms with Gasteiger partial charge < -0.3 is 14.6 Å². The third-order valence-electron chi connectivity index (χ3n) is 6.95. The topological polar surface area (TPSA) is 103 Å². The maximum Gasteiger partial charge on any atom is 0.304 e. The summed E-state index contributed by atoms with van der Waals surface area (Å²) in [6.07, 6.45) is 3.19. The molecule has 3 aromatic rings. The summed E-state index contributed by atoms with van der Waals surface area (Å²) in [7, 11) is -3.00. The summed E-state index contributed by atoms with van der Waals surface area (Å²) in [6, 6.07) is 17.7. The molecule has 40 heavy (non-hydrogen) atoms. The number of carboxylic acids is 1. The molecule has 4 rings (SSSR count). The van der Waals surface area contributed by atoms with Crippen molar-refractivity contribution in [2.24, 2.45) is 0 Å². The van der Waals surface area contributed by atoms with Crippen molar-refractivity contribution in [1.29, 1.82) is 0 Å². The van der Waals surface area contributed by atoms with E-state index in [0.717, 1.165) is 47.2 Å². The highest BCUT2D eigenvalue weighted by Crippen LogP contribution is 2.34. The number of carbonyl (C=O) groups is 1. The second kappa shape index (κ2) is 13.5. The average Bonchev–Trinajstić information content (AvgIpc) is 3.12. The van der Waals surface area contributed by atoms with Crippen LogP contribution >= 0.6 is 0 Å². The quantitative estimate of drug-likeness (QED) is 0.227. The molecule has 0 amide bonds. The van der Waals surface area contributed by atoms with Crippen LogP contribution in [-0.4, -0.2) is 42.6 Å². The van der Waals surface area contributed by atoms with E-state index in [-0.39, 0.29) is 23.8 Å². The molecule has 1 atom stereocenters. The fourth-order valence-corrected chi connectivity index (χ4v) is 5.64. The van der Waals surface area contributed by atoms with E-state index < -0.39 is 15.8 Å². The zero-order chi connectivity index (χ0) is 28.5. The molecule has 7 nitrogen and oxygen atoms in total. The number of sulfone groups is 1. The second-order valence-corrected chi connectivity index (χ2v) is 12.3. The number of hydrogen-bond donors (Lipinski definition) is 1. The van der Waals surface area contributed by atoms with E-state index in [0.29, 0.717) is 31.3 Å². The van der Waals surface area contributed by atoms with Gasteiger partial charge in [0.05, 0.1) is 30.4 Å². The van der Waals surface area contributed by atoms with Crippen LogP contribution in [0.25, 0.3) is 11.1 Å². The van der Waals surface area contributed by atoms with Crippen molar-refractivity contribution < 1.29 is 27.8 Å². The molecule has 0 spiro atoms. The zero-order valence-corrected chi connectivity index (χ0v) is 23.8. The van der Waals surface area contributed by atoms with Crippen LogP contribution in [0.2, 0.25) is 0 Å². The molecule has 1 heterocycles. The molecular formula is C32H35NO6S. The van der Waals surface area contributed by atoms with Crippen molar-refractivity contribution in [3.63, 3.8) is 0 Å². The Labute approximate surface area is 236 Å². The first-order chi connectivity index (χ1) is 19.3. The lowest BCUT2D eigenvalue weighted by molar-refractivity contribution is -0.137. The summed E-state index contributed by atoms with van der Waals surface area (Å²) in [6.45, 7) is 4.07. The van der Waals surface area contributed by atoms with Gasteiger partial charge in [0.15, 0.2) is 0 Å². The van der Waals surface area contributed by atoms with Crippen molar-refractivity contribution in [2.75, 3.05) is 18.1 Å². The predicted molar refractivity (Wildman–Crippen MR) is 155 cm³/mol. The highest BCUT2D eigenvalue weighted by molar-refractivity contribution is 7.91. The lowest BCUT2D eigenvalue weighted by Gasteiger charge is -2.14. The average molecular weight is 562 g/mol. The van der Waals surface area contributed by atoms with Crippen molar-refractivity contribution in [2.45, 2.75) is 58.5 Å². The van der Waals surface area contributed by atoms with Crippen LogP contribution in [0.4, 0.5) is 0 Å². The molecule has 1 aliphatic carbocycles. The summed E-state index contributed by atoms with van der Waals surface area (Å²) in [5.41, 5.74) is 6.37. The second-order valence-electron chi connectivity index (χ2n) is 9.83. The van der Waals surface area contributed by atoms with Gasteiger partial charge in [-0.05, 0) is 79.1 Å². The molecule has 8 heteroatoms.